The highest BCUT2D eigenvalue weighted by atomic mass is 16.3. The second kappa shape index (κ2) is 7.64. The zero-order valence-electron chi connectivity index (χ0n) is 12.2. The number of aliphatic hydroxyl groups is 1. The molecule has 2 aromatic rings. The first kappa shape index (κ1) is 15.3. The molecule has 0 bridgehead atoms. The first-order valence-corrected chi connectivity index (χ1v) is 7.28. The summed E-state index contributed by atoms with van der Waals surface area (Å²) in [6.45, 7) is 2.79. The van der Waals surface area contributed by atoms with Crippen molar-refractivity contribution in [1.82, 2.24) is 5.32 Å². The number of hydrogen-bond acceptors (Lipinski definition) is 3. The lowest BCUT2D eigenvalue weighted by molar-refractivity contribution is -0.116. The molecule has 1 aromatic carbocycles. The van der Waals surface area contributed by atoms with Gasteiger partial charge >= 0.3 is 0 Å². The van der Waals surface area contributed by atoms with E-state index in [-0.39, 0.29) is 12.5 Å². The lowest BCUT2D eigenvalue weighted by atomic mass is 10.0. The molecular weight excluding hydrogens is 266 g/mol. The molecule has 1 atom stereocenters. The molecule has 0 spiro atoms. The van der Waals surface area contributed by atoms with E-state index in [1.54, 1.807) is 6.08 Å². The Balaban J connectivity index is 1.89. The van der Waals surface area contributed by atoms with Gasteiger partial charge < -0.3 is 14.8 Å². The second-order valence-electron chi connectivity index (χ2n) is 5.05. The highest BCUT2D eigenvalue weighted by molar-refractivity contribution is 5.92. The van der Waals surface area contributed by atoms with Crippen LogP contribution in [0.1, 0.15) is 25.5 Å². The summed E-state index contributed by atoms with van der Waals surface area (Å²) in [4.78, 5) is 11.8. The van der Waals surface area contributed by atoms with E-state index < -0.39 is 0 Å². The third-order valence-corrected chi connectivity index (χ3v) is 3.52. The van der Waals surface area contributed by atoms with Crippen LogP contribution in [-0.2, 0) is 4.79 Å². The Morgan fingerprint density at radius 1 is 1.43 bits per heavy atom. The van der Waals surface area contributed by atoms with E-state index in [4.69, 9.17) is 9.52 Å². The Morgan fingerprint density at radius 2 is 2.24 bits per heavy atom. The number of hydrogen-bond donors (Lipinski definition) is 2. The lowest BCUT2D eigenvalue weighted by Gasteiger charge is -2.13. The molecular formula is C17H21NO3. The van der Waals surface area contributed by atoms with Crippen molar-refractivity contribution >= 4 is 23.0 Å². The number of carbonyl (C=O) groups excluding carboxylic acids is 1. The Hall–Kier alpha value is -2.07. The molecule has 0 saturated carbocycles. The highest BCUT2D eigenvalue weighted by Gasteiger charge is 2.06. The van der Waals surface area contributed by atoms with E-state index in [2.05, 4.69) is 12.2 Å². The maximum absolute atomic E-state index is 11.8. The molecule has 2 N–H and O–H groups in total. The minimum Gasteiger partial charge on any atom is -0.457 e. The van der Waals surface area contributed by atoms with E-state index in [0.29, 0.717) is 24.6 Å². The van der Waals surface area contributed by atoms with Crippen LogP contribution < -0.4 is 5.32 Å². The summed E-state index contributed by atoms with van der Waals surface area (Å²) in [7, 11) is 0. The molecule has 0 radical (unpaired) electrons. The van der Waals surface area contributed by atoms with Crippen LogP contribution in [0.5, 0.6) is 0 Å². The highest BCUT2D eigenvalue weighted by Crippen LogP contribution is 2.19. The predicted molar refractivity (Wildman–Crippen MR) is 83.7 cm³/mol. The van der Waals surface area contributed by atoms with Crippen molar-refractivity contribution in [2.24, 2.45) is 5.92 Å². The Labute approximate surface area is 124 Å². The van der Waals surface area contributed by atoms with E-state index in [9.17, 15) is 4.79 Å². The van der Waals surface area contributed by atoms with Gasteiger partial charge in [-0.2, -0.15) is 0 Å². The molecule has 1 heterocycles. The van der Waals surface area contributed by atoms with Gasteiger partial charge in [0.2, 0.25) is 5.91 Å². The van der Waals surface area contributed by atoms with Crippen molar-refractivity contribution < 1.29 is 14.3 Å². The van der Waals surface area contributed by atoms with Gasteiger partial charge in [0.05, 0.1) is 0 Å². The summed E-state index contributed by atoms with van der Waals surface area (Å²) in [5, 5.41) is 12.8. The van der Waals surface area contributed by atoms with Crippen molar-refractivity contribution in [3.63, 3.8) is 0 Å². The number of fused-ring (bicyclic) bond motifs is 1. The SMILES string of the molecule is CCC(CCO)CNC(=O)/C=C/c1cc2ccccc2o1. The number of benzene rings is 1. The van der Waals surface area contributed by atoms with Crippen molar-refractivity contribution in [1.29, 1.82) is 0 Å². The second-order valence-corrected chi connectivity index (χ2v) is 5.05. The van der Waals surface area contributed by atoms with Crippen LogP contribution in [0.15, 0.2) is 40.8 Å². The molecule has 0 saturated heterocycles. The summed E-state index contributed by atoms with van der Waals surface area (Å²) in [5.41, 5.74) is 0.812. The number of furan rings is 1. The zero-order valence-corrected chi connectivity index (χ0v) is 12.2. The summed E-state index contributed by atoms with van der Waals surface area (Å²) < 4.78 is 5.60. The topological polar surface area (TPSA) is 62.5 Å². The fourth-order valence-corrected chi connectivity index (χ4v) is 2.18. The Bertz CT molecular complexity index is 582. The number of carbonyl (C=O) groups is 1. The molecule has 0 aliphatic rings. The number of rotatable bonds is 7. The van der Waals surface area contributed by atoms with Crippen LogP contribution >= 0.6 is 0 Å². The Kier molecular flexibility index (Phi) is 5.58. The van der Waals surface area contributed by atoms with Crippen molar-refractivity contribution in [3.8, 4) is 0 Å². The first-order chi connectivity index (χ1) is 10.2. The number of aliphatic hydroxyl groups excluding tert-OH is 1. The van der Waals surface area contributed by atoms with Gasteiger partial charge in [-0.3, -0.25) is 4.79 Å². The van der Waals surface area contributed by atoms with Gasteiger partial charge in [0.1, 0.15) is 11.3 Å². The van der Waals surface area contributed by atoms with Crippen molar-refractivity contribution in [2.75, 3.05) is 13.2 Å². The molecule has 1 aromatic heterocycles. The smallest absolute Gasteiger partial charge is 0.244 e. The minimum absolute atomic E-state index is 0.146. The van der Waals surface area contributed by atoms with Crippen LogP contribution in [-0.4, -0.2) is 24.2 Å². The monoisotopic (exact) mass is 287 g/mol. The molecule has 0 aliphatic carbocycles. The van der Waals surface area contributed by atoms with Gasteiger partial charge in [-0.15, -0.1) is 0 Å². The third kappa shape index (κ3) is 4.46. The molecule has 0 fully saturated rings. The molecule has 112 valence electrons. The lowest BCUT2D eigenvalue weighted by Crippen LogP contribution is -2.28. The van der Waals surface area contributed by atoms with E-state index >= 15 is 0 Å². The molecule has 2 rings (SSSR count). The van der Waals surface area contributed by atoms with E-state index in [1.807, 2.05) is 30.3 Å². The van der Waals surface area contributed by atoms with E-state index in [1.165, 1.54) is 6.08 Å². The zero-order chi connectivity index (χ0) is 15.1. The largest absolute Gasteiger partial charge is 0.457 e. The maximum atomic E-state index is 11.8. The summed E-state index contributed by atoms with van der Waals surface area (Å²) in [5.74, 6) is 0.833. The molecule has 1 amide bonds. The van der Waals surface area contributed by atoms with Crippen LogP contribution in [0.25, 0.3) is 17.0 Å². The fraction of sp³-hybridized carbons (Fsp3) is 0.353. The van der Waals surface area contributed by atoms with Gasteiger partial charge in [-0.1, -0.05) is 31.5 Å². The van der Waals surface area contributed by atoms with Crippen LogP contribution in [0.3, 0.4) is 0 Å². The number of nitrogens with one attached hydrogen (secondary N) is 1. The van der Waals surface area contributed by atoms with Gasteiger partial charge in [-0.05, 0) is 30.5 Å². The normalized spacial score (nSPS) is 12.9. The summed E-state index contributed by atoms with van der Waals surface area (Å²) in [6, 6.07) is 9.63. The summed E-state index contributed by atoms with van der Waals surface area (Å²) in [6.07, 6.45) is 4.80. The van der Waals surface area contributed by atoms with Crippen molar-refractivity contribution in [3.05, 3.63) is 42.2 Å². The van der Waals surface area contributed by atoms with Crippen LogP contribution in [0.4, 0.5) is 0 Å². The fourth-order valence-electron chi connectivity index (χ4n) is 2.18. The minimum atomic E-state index is -0.146. The van der Waals surface area contributed by atoms with Crippen LogP contribution in [0.2, 0.25) is 0 Å². The Morgan fingerprint density at radius 3 is 2.95 bits per heavy atom. The van der Waals surface area contributed by atoms with E-state index in [0.717, 1.165) is 17.4 Å². The van der Waals surface area contributed by atoms with Gasteiger partial charge in [0.15, 0.2) is 0 Å². The average molecular weight is 287 g/mol. The standard InChI is InChI=1S/C17H21NO3/c1-2-13(9-10-19)12-18-17(20)8-7-15-11-14-5-3-4-6-16(14)21-15/h3-8,11,13,19H,2,9-10,12H2,1H3,(H,18,20)/b8-7+. The molecule has 21 heavy (non-hydrogen) atoms. The summed E-state index contributed by atoms with van der Waals surface area (Å²) >= 11 is 0. The molecule has 4 heteroatoms. The third-order valence-electron chi connectivity index (χ3n) is 3.52. The van der Waals surface area contributed by atoms with Crippen LogP contribution in [0, 0.1) is 5.92 Å². The maximum Gasteiger partial charge on any atom is 0.244 e. The van der Waals surface area contributed by atoms with Gasteiger partial charge in [-0.25, -0.2) is 0 Å². The number of para-hydroxylation sites is 1. The first-order valence-electron chi connectivity index (χ1n) is 7.28. The van der Waals surface area contributed by atoms with Gasteiger partial charge in [0, 0.05) is 24.6 Å². The number of amides is 1. The predicted octanol–water partition coefficient (Wildman–Crippen LogP) is 2.97. The van der Waals surface area contributed by atoms with Gasteiger partial charge in [0.25, 0.3) is 0 Å². The molecule has 1 unspecified atom stereocenters. The molecule has 4 nitrogen and oxygen atoms in total. The average Bonchev–Trinajstić information content (AvgIpc) is 2.92. The quantitative estimate of drug-likeness (QED) is 0.770. The van der Waals surface area contributed by atoms with Crippen molar-refractivity contribution in [2.45, 2.75) is 19.8 Å². The molecule has 0 aliphatic heterocycles.